The highest BCUT2D eigenvalue weighted by molar-refractivity contribution is 6.01. The van der Waals surface area contributed by atoms with Crippen molar-refractivity contribution in [3.8, 4) is 22.3 Å². The summed E-state index contributed by atoms with van der Waals surface area (Å²) in [6.07, 6.45) is 10.6. The number of fused-ring (bicyclic) bond motifs is 1. The van der Waals surface area contributed by atoms with Crippen molar-refractivity contribution in [2.75, 3.05) is 11.9 Å². The second kappa shape index (κ2) is 6.99. The third-order valence-electron chi connectivity index (χ3n) is 6.22. The number of carbonyl (C=O) groups excluding carboxylic acids is 1. The number of rotatable bonds is 3. The normalized spacial score (nSPS) is 16.4. The first kappa shape index (κ1) is 17.9. The summed E-state index contributed by atoms with van der Waals surface area (Å²) in [6.45, 7) is 0. The first-order chi connectivity index (χ1) is 14.1. The lowest BCUT2D eigenvalue weighted by atomic mass is 10.00. The van der Waals surface area contributed by atoms with Crippen LogP contribution in [0.2, 0.25) is 0 Å². The second-order valence-corrected chi connectivity index (χ2v) is 8.04. The van der Waals surface area contributed by atoms with Gasteiger partial charge in [-0.15, -0.1) is 0 Å². The van der Waals surface area contributed by atoms with Gasteiger partial charge in [-0.1, -0.05) is 18.9 Å². The average molecular weight is 385 g/mol. The van der Waals surface area contributed by atoms with Crippen LogP contribution in [-0.2, 0) is 11.2 Å². The van der Waals surface area contributed by atoms with Gasteiger partial charge in [0.05, 0.1) is 6.42 Å². The van der Waals surface area contributed by atoms with E-state index in [0.29, 0.717) is 12.5 Å². The Morgan fingerprint density at radius 2 is 1.62 bits per heavy atom. The lowest BCUT2D eigenvalue weighted by Gasteiger charge is -2.15. The van der Waals surface area contributed by atoms with Crippen LogP contribution < -0.4 is 10.5 Å². The van der Waals surface area contributed by atoms with Crippen LogP contribution >= 0.6 is 0 Å². The fourth-order valence-electron chi connectivity index (χ4n) is 4.55. The predicted molar refractivity (Wildman–Crippen MR) is 114 cm³/mol. The summed E-state index contributed by atoms with van der Waals surface area (Å²) in [5, 5.41) is 0. The minimum Gasteiger partial charge on any atom is -0.315 e. The molecule has 1 amide bonds. The van der Waals surface area contributed by atoms with Gasteiger partial charge in [-0.25, -0.2) is 0 Å². The van der Waals surface area contributed by atoms with E-state index < -0.39 is 0 Å². The van der Waals surface area contributed by atoms with E-state index in [0.717, 1.165) is 46.3 Å². The Hall–Kier alpha value is -3.21. The molecule has 1 aliphatic heterocycles. The Balaban J connectivity index is 1.51. The minimum absolute atomic E-state index is 0.0668. The fourth-order valence-corrected chi connectivity index (χ4v) is 4.55. The third kappa shape index (κ3) is 3.16. The maximum atomic E-state index is 12.4. The molecule has 0 spiro atoms. The van der Waals surface area contributed by atoms with Gasteiger partial charge in [-0.05, 0) is 53.8 Å². The summed E-state index contributed by atoms with van der Waals surface area (Å²) in [7, 11) is 1.81. The SMILES string of the molecule is CN1C(=O)Cc2cc(-c3cncc(-c4ccc(=O)n(C5CCCC5)c4)c3)ccc21. The molecule has 1 fully saturated rings. The van der Waals surface area contributed by atoms with Gasteiger partial charge < -0.3 is 9.47 Å². The van der Waals surface area contributed by atoms with Crippen LogP contribution in [0.5, 0.6) is 0 Å². The summed E-state index contributed by atoms with van der Waals surface area (Å²) in [5.74, 6) is 0.123. The maximum Gasteiger partial charge on any atom is 0.250 e. The first-order valence-corrected chi connectivity index (χ1v) is 10.2. The van der Waals surface area contributed by atoms with E-state index in [2.05, 4.69) is 17.1 Å². The third-order valence-corrected chi connectivity index (χ3v) is 6.22. The summed E-state index contributed by atoms with van der Waals surface area (Å²) >= 11 is 0. The molecule has 1 saturated carbocycles. The van der Waals surface area contributed by atoms with Gasteiger partial charge >= 0.3 is 0 Å². The van der Waals surface area contributed by atoms with Gasteiger partial charge in [0, 0.05) is 54.6 Å². The number of benzene rings is 1. The average Bonchev–Trinajstić information content (AvgIpc) is 3.37. The van der Waals surface area contributed by atoms with Gasteiger partial charge in [0.25, 0.3) is 5.56 Å². The van der Waals surface area contributed by atoms with Crippen molar-refractivity contribution in [2.45, 2.75) is 38.1 Å². The highest BCUT2D eigenvalue weighted by Gasteiger charge is 2.24. The molecule has 3 aromatic rings. The monoisotopic (exact) mass is 385 g/mol. The molecule has 3 heterocycles. The van der Waals surface area contributed by atoms with Gasteiger partial charge in [-0.2, -0.15) is 0 Å². The van der Waals surface area contributed by atoms with Crippen molar-refractivity contribution < 1.29 is 4.79 Å². The largest absolute Gasteiger partial charge is 0.315 e. The van der Waals surface area contributed by atoms with Crippen LogP contribution in [-0.4, -0.2) is 22.5 Å². The number of aromatic nitrogens is 2. The predicted octanol–water partition coefficient (Wildman–Crippen LogP) is 4.21. The smallest absolute Gasteiger partial charge is 0.250 e. The maximum absolute atomic E-state index is 12.4. The molecule has 0 atom stereocenters. The number of nitrogens with zero attached hydrogens (tertiary/aromatic N) is 3. The summed E-state index contributed by atoms with van der Waals surface area (Å²) in [4.78, 5) is 30.5. The second-order valence-electron chi connectivity index (χ2n) is 8.04. The van der Waals surface area contributed by atoms with Crippen molar-refractivity contribution in [1.82, 2.24) is 9.55 Å². The van der Waals surface area contributed by atoms with Gasteiger partial charge in [0.2, 0.25) is 5.91 Å². The van der Waals surface area contributed by atoms with Crippen molar-refractivity contribution in [3.63, 3.8) is 0 Å². The Bertz CT molecular complexity index is 1160. The summed E-state index contributed by atoms with van der Waals surface area (Å²) < 4.78 is 1.89. The van der Waals surface area contributed by atoms with E-state index in [9.17, 15) is 9.59 Å². The summed E-state index contributed by atoms with van der Waals surface area (Å²) in [6, 6.07) is 12.1. The quantitative estimate of drug-likeness (QED) is 0.679. The Morgan fingerprint density at radius 3 is 2.41 bits per heavy atom. The minimum atomic E-state index is 0.0668. The van der Waals surface area contributed by atoms with E-state index in [1.165, 1.54) is 12.8 Å². The highest BCUT2D eigenvalue weighted by Crippen LogP contribution is 2.33. The molecular formula is C24H23N3O2. The zero-order valence-corrected chi connectivity index (χ0v) is 16.5. The number of anilines is 1. The van der Waals surface area contributed by atoms with Crippen LogP contribution in [0, 0.1) is 0 Å². The number of likely N-dealkylation sites (N-methyl/N-ethyl adjacent to an activating group) is 1. The zero-order chi connectivity index (χ0) is 20.0. The standard InChI is InChI=1S/C24H23N3O2/c1-26-22-8-6-16(10-18(22)12-24(26)29)19-11-20(14-25-13-19)17-7-9-23(28)27(15-17)21-4-2-3-5-21/h6-11,13-15,21H,2-5,12H2,1H3. The Morgan fingerprint density at radius 1 is 0.897 bits per heavy atom. The highest BCUT2D eigenvalue weighted by atomic mass is 16.2. The van der Waals surface area contributed by atoms with Crippen molar-refractivity contribution in [1.29, 1.82) is 0 Å². The molecule has 0 unspecified atom stereocenters. The molecule has 2 aromatic heterocycles. The van der Waals surface area contributed by atoms with E-state index in [4.69, 9.17) is 0 Å². The van der Waals surface area contributed by atoms with Crippen molar-refractivity contribution in [2.24, 2.45) is 0 Å². The Labute approximate surface area is 169 Å². The topological polar surface area (TPSA) is 55.2 Å². The molecule has 5 heteroatoms. The number of hydrogen-bond acceptors (Lipinski definition) is 3. The van der Waals surface area contributed by atoms with Crippen LogP contribution in [0.3, 0.4) is 0 Å². The zero-order valence-electron chi connectivity index (χ0n) is 16.5. The van der Waals surface area contributed by atoms with Crippen LogP contribution in [0.25, 0.3) is 22.3 Å². The van der Waals surface area contributed by atoms with Crippen LogP contribution in [0.4, 0.5) is 5.69 Å². The molecule has 146 valence electrons. The van der Waals surface area contributed by atoms with Gasteiger partial charge in [-0.3, -0.25) is 14.6 Å². The number of carbonyl (C=O) groups is 1. The molecule has 5 rings (SSSR count). The summed E-state index contributed by atoms with van der Waals surface area (Å²) in [5.41, 5.74) is 6.14. The van der Waals surface area contributed by atoms with E-state index >= 15 is 0 Å². The van der Waals surface area contributed by atoms with E-state index in [1.807, 2.05) is 48.4 Å². The van der Waals surface area contributed by atoms with Gasteiger partial charge in [0.1, 0.15) is 0 Å². The lowest BCUT2D eigenvalue weighted by molar-refractivity contribution is -0.117. The van der Waals surface area contributed by atoms with Gasteiger partial charge in [0.15, 0.2) is 0 Å². The van der Waals surface area contributed by atoms with Crippen molar-refractivity contribution >= 4 is 11.6 Å². The molecule has 0 saturated heterocycles. The van der Waals surface area contributed by atoms with Crippen LogP contribution in [0.15, 0.2) is 59.8 Å². The molecule has 5 nitrogen and oxygen atoms in total. The molecule has 29 heavy (non-hydrogen) atoms. The van der Waals surface area contributed by atoms with Crippen molar-refractivity contribution in [3.05, 3.63) is 70.9 Å². The number of hydrogen-bond donors (Lipinski definition) is 0. The van der Waals surface area contributed by atoms with Crippen LogP contribution in [0.1, 0.15) is 37.3 Å². The molecule has 0 bridgehead atoms. The number of amides is 1. The molecule has 1 aromatic carbocycles. The molecular weight excluding hydrogens is 362 g/mol. The fraction of sp³-hybridized carbons (Fsp3) is 0.292. The first-order valence-electron chi connectivity index (χ1n) is 10.2. The lowest BCUT2D eigenvalue weighted by Crippen LogP contribution is -2.21. The molecule has 0 N–H and O–H groups in total. The molecule has 0 radical (unpaired) electrons. The van der Waals surface area contributed by atoms with E-state index in [1.54, 1.807) is 11.0 Å². The molecule has 1 aliphatic carbocycles. The van der Waals surface area contributed by atoms with E-state index in [-0.39, 0.29) is 11.5 Å². The molecule has 2 aliphatic rings. The Kier molecular flexibility index (Phi) is 4.31. The number of pyridine rings is 2.